The van der Waals surface area contributed by atoms with Crippen molar-refractivity contribution in [3.05, 3.63) is 65.7 Å². The third-order valence-corrected chi connectivity index (χ3v) is 4.46. The van der Waals surface area contributed by atoms with Crippen LogP contribution in [-0.4, -0.2) is 43.1 Å². The predicted octanol–water partition coefficient (Wildman–Crippen LogP) is 2.32. The smallest absolute Gasteiger partial charge is 0.337 e. The van der Waals surface area contributed by atoms with Crippen molar-refractivity contribution in [2.75, 3.05) is 20.3 Å². The van der Waals surface area contributed by atoms with Crippen molar-refractivity contribution in [1.29, 1.82) is 0 Å². The van der Waals surface area contributed by atoms with Gasteiger partial charge < -0.3 is 14.8 Å². The summed E-state index contributed by atoms with van der Waals surface area (Å²) >= 11 is 0. The van der Waals surface area contributed by atoms with E-state index >= 15 is 0 Å². The highest BCUT2D eigenvalue weighted by Crippen LogP contribution is 2.28. The number of hydrogen-bond acceptors (Lipinski definition) is 5. The van der Waals surface area contributed by atoms with Gasteiger partial charge in [-0.1, -0.05) is 36.4 Å². The normalized spacial score (nSPS) is 19.0. The Morgan fingerprint density at radius 3 is 2.56 bits per heavy atom. The Hall–Kier alpha value is -3.35. The molecule has 1 N–H and O–H groups in total. The lowest BCUT2D eigenvalue weighted by Gasteiger charge is -2.22. The fraction of sp³-hybridized carbons (Fsp3) is 0.250. The molecule has 0 unspecified atom stereocenters. The number of nitrogens with one attached hydrogen (secondary N) is 1. The zero-order valence-electron chi connectivity index (χ0n) is 15.1. The number of benzene rings is 2. The largest absolute Gasteiger partial charge is 0.492 e. The molecule has 1 aliphatic rings. The number of nitrogens with zero attached hydrogens (tertiary/aromatic N) is 1. The molecule has 0 bridgehead atoms. The van der Waals surface area contributed by atoms with Crippen molar-refractivity contribution in [1.82, 2.24) is 10.2 Å². The van der Waals surface area contributed by atoms with E-state index in [-0.39, 0.29) is 19.1 Å². The number of esters is 1. The van der Waals surface area contributed by atoms with Gasteiger partial charge in [0.15, 0.2) is 0 Å². The third kappa shape index (κ3) is 3.62. The summed E-state index contributed by atoms with van der Waals surface area (Å²) in [6.45, 7) is 1.88. The number of amides is 3. The average molecular weight is 368 g/mol. The summed E-state index contributed by atoms with van der Waals surface area (Å²) in [4.78, 5) is 37.8. The second-order valence-corrected chi connectivity index (χ2v) is 6.25. The zero-order valence-corrected chi connectivity index (χ0v) is 15.1. The molecule has 7 nitrogen and oxygen atoms in total. The number of urea groups is 1. The topological polar surface area (TPSA) is 84.9 Å². The van der Waals surface area contributed by atoms with Crippen molar-refractivity contribution in [2.45, 2.75) is 12.5 Å². The van der Waals surface area contributed by atoms with Crippen LogP contribution in [0.15, 0.2) is 54.6 Å². The number of methoxy groups -OCH3 is 1. The molecule has 0 spiro atoms. The summed E-state index contributed by atoms with van der Waals surface area (Å²) in [5.41, 5.74) is -0.0115. The third-order valence-electron chi connectivity index (χ3n) is 4.46. The highest BCUT2D eigenvalue weighted by atomic mass is 16.5. The van der Waals surface area contributed by atoms with Gasteiger partial charge in [0, 0.05) is 0 Å². The molecule has 2 aromatic carbocycles. The van der Waals surface area contributed by atoms with Crippen LogP contribution in [0.4, 0.5) is 4.79 Å². The quantitative estimate of drug-likeness (QED) is 0.625. The maximum atomic E-state index is 12.8. The molecule has 1 saturated heterocycles. The first-order valence-corrected chi connectivity index (χ1v) is 8.46. The standard InChI is InChI=1S/C20H20N2O5/c1-20(15-8-4-3-5-9-15)18(24)22(19(25)21-20)11-12-27-16-10-6-7-14(13-16)17(23)26-2/h3-10,13H,11-12H2,1-2H3,(H,21,25)/t20-/m1/s1. The molecule has 140 valence electrons. The van der Waals surface area contributed by atoms with Gasteiger partial charge in [-0.15, -0.1) is 0 Å². The fourth-order valence-electron chi connectivity index (χ4n) is 2.95. The van der Waals surface area contributed by atoms with E-state index in [2.05, 4.69) is 10.1 Å². The van der Waals surface area contributed by atoms with E-state index in [0.29, 0.717) is 11.3 Å². The summed E-state index contributed by atoms with van der Waals surface area (Å²) < 4.78 is 10.3. The van der Waals surface area contributed by atoms with Crippen LogP contribution in [0.5, 0.6) is 5.75 Å². The molecule has 0 radical (unpaired) electrons. The summed E-state index contributed by atoms with van der Waals surface area (Å²) in [6, 6.07) is 15.1. The molecule has 7 heteroatoms. The van der Waals surface area contributed by atoms with Gasteiger partial charge in [-0.05, 0) is 30.7 Å². The number of imide groups is 1. The molecule has 0 aliphatic carbocycles. The first-order valence-electron chi connectivity index (χ1n) is 8.46. The average Bonchev–Trinajstić information content (AvgIpc) is 2.92. The zero-order chi connectivity index (χ0) is 19.4. The fourth-order valence-corrected chi connectivity index (χ4v) is 2.95. The number of hydrogen-bond donors (Lipinski definition) is 1. The number of ether oxygens (including phenoxy) is 2. The molecule has 0 saturated carbocycles. The second kappa shape index (κ2) is 7.49. The SMILES string of the molecule is COC(=O)c1cccc(OCCN2C(=O)N[C@](C)(c3ccccc3)C2=O)c1. The van der Waals surface area contributed by atoms with E-state index in [1.54, 1.807) is 43.3 Å². The van der Waals surface area contributed by atoms with E-state index in [1.165, 1.54) is 7.11 Å². The monoisotopic (exact) mass is 368 g/mol. The van der Waals surface area contributed by atoms with Crippen LogP contribution in [0.1, 0.15) is 22.8 Å². The maximum Gasteiger partial charge on any atom is 0.337 e. The van der Waals surface area contributed by atoms with E-state index in [9.17, 15) is 14.4 Å². The predicted molar refractivity (Wildman–Crippen MR) is 97.3 cm³/mol. The molecular formula is C20H20N2O5. The Labute approximate surface area is 156 Å². The van der Waals surface area contributed by atoms with Gasteiger partial charge in [0.2, 0.25) is 0 Å². The van der Waals surface area contributed by atoms with Gasteiger partial charge in [0.1, 0.15) is 17.9 Å². The van der Waals surface area contributed by atoms with Crippen molar-refractivity contribution in [2.24, 2.45) is 0 Å². The number of rotatable bonds is 6. The van der Waals surface area contributed by atoms with Crippen molar-refractivity contribution in [3.63, 3.8) is 0 Å². The Kier molecular flexibility index (Phi) is 5.12. The van der Waals surface area contributed by atoms with Crippen LogP contribution < -0.4 is 10.1 Å². The van der Waals surface area contributed by atoms with Crippen LogP contribution >= 0.6 is 0 Å². The molecule has 0 aromatic heterocycles. The highest BCUT2D eigenvalue weighted by molar-refractivity contribution is 6.07. The molecule has 2 aromatic rings. The van der Waals surface area contributed by atoms with Gasteiger partial charge in [-0.3, -0.25) is 9.69 Å². The summed E-state index contributed by atoms with van der Waals surface area (Å²) in [5, 5.41) is 2.75. The van der Waals surface area contributed by atoms with E-state index < -0.39 is 17.5 Å². The van der Waals surface area contributed by atoms with Crippen LogP contribution in [-0.2, 0) is 15.1 Å². The highest BCUT2D eigenvalue weighted by Gasteiger charge is 2.48. The van der Waals surface area contributed by atoms with Crippen molar-refractivity contribution < 1.29 is 23.9 Å². The Morgan fingerprint density at radius 1 is 1.11 bits per heavy atom. The van der Waals surface area contributed by atoms with Gasteiger partial charge in [0.25, 0.3) is 5.91 Å². The Bertz CT molecular complexity index is 868. The minimum atomic E-state index is -1.09. The number of carbonyl (C=O) groups is 3. The lowest BCUT2D eigenvalue weighted by molar-refractivity contribution is -0.131. The molecule has 1 aliphatic heterocycles. The minimum Gasteiger partial charge on any atom is -0.492 e. The Morgan fingerprint density at radius 2 is 1.85 bits per heavy atom. The lowest BCUT2D eigenvalue weighted by atomic mass is 9.92. The molecule has 1 fully saturated rings. The molecule has 1 heterocycles. The van der Waals surface area contributed by atoms with Gasteiger partial charge in [0.05, 0.1) is 19.2 Å². The molecule has 3 amide bonds. The van der Waals surface area contributed by atoms with Crippen LogP contribution in [0.3, 0.4) is 0 Å². The van der Waals surface area contributed by atoms with Crippen LogP contribution in [0.25, 0.3) is 0 Å². The molecule has 3 rings (SSSR count). The first kappa shape index (κ1) is 18.4. The number of carbonyl (C=O) groups excluding carboxylic acids is 3. The maximum absolute atomic E-state index is 12.8. The second-order valence-electron chi connectivity index (χ2n) is 6.25. The van der Waals surface area contributed by atoms with E-state index in [4.69, 9.17) is 4.74 Å². The van der Waals surface area contributed by atoms with E-state index in [1.807, 2.05) is 18.2 Å². The minimum absolute atomic E-state index is 0.0928. The van der Waals surface area contributed by atoms with Crippen LogP contribution in [0, 0.1) is 0 Å². The van der Waals surface area contributed by atoms with Crippen LogP contribution in [0.2, 0.25) is 0 Å². The first-order chi connectivity index (χ1) is 13.0. The molecule has 27 heavy (non-hydrogen) atoms. The lowest BCUT2D eigenvalue weighted by Crippen LogP contribution is -2.41. The summed E-state index contributed by atoms with van der Waals surface area (Å²) in [5.74, 6) is -0.338. The van der Waals surface area contributed by atoms with Gasteiger partial charge in [-0.2, -0.15) is 0 Å². The van der Waals surface area contributed by atoms with Gasteiger partial charge >= 0.3 is 12.0 Å². The summed E-state index contributed by atoms with van der Waals surface area (Å²) in [7, 11) is 1.30. The van der Waals surface area contributed by atoms with Crippen molar-refractivity contribution in [3.8, 4) is 5.75 Å². The molecule has 1 atom stereocenters. The van der Waals surface area contributed by atoms with Gasteiger partial charge in [-0.25, -0.2) is 9.59 Å². The Balaban J connectivity index is 1.64. The summed E-state index contributed by atoms with van der Waals surface area (Å²) in [6.07, 6.45) is 0. The molecular weight excluding hydrogens is 348 g/mol. The van der Waals surface area contributed by atoms with Crippen molar-refractivity contribution >= 4 is 17.9 Å². The van der Waals surface area contributed by atoms with E-state index in [0.717, 1.165) is 10.5 Å².